The Morgan fingerprint density at radius 3 is 2.54 bits per heavy atom. The van der Waals surface area contributed by atoms with Gasteiger partial charge in [-0.15, -0.1) is 0 Å². The number of nitro benzene ring substituents is 1. The summed E-state index contributed by atoms with van der Waals surface area (Å²) in [4.78, 5) is 58.6. The number of anilines is 3. The van der Waals surface area contributed by atoms with Gasteiger partial charge in [-0.2, -0.15) is 0 Å². The number of amides is 3. The first-order chi connectivity index (χ1) is 24.8. The molecule has 1 N–H and O–H groups in total. The van der Waals surface area contributed by atoms with Gasteiger partial charge in [0.2, 0.25) is 14.3 Å². The van der Waals surface area contributed by atoms with Gasteiger partial charge in [0.05, 0.1) is 53.6 Å². The number of hydrogen-bond acceptors (Lipinski definition) is 7. The molecule has 8 rings (SSSR count). The number of nitrogens with zero attached hydrogens (tertiary/aromatic N) is 4. The molecule has 4 aliphatic heterocycles. The Morgan fingerprint density at radius 2 is 1.81 bits per heavy atom. The van der Waals surface area contributed by atoms with Crippen molar-refractivity contribution in [3.05, 3.63) is 106 Å². The number of halogens is 1. The lowest BCUT2D eigenvalue weighted by Gasteiger charge is -2.31. The minimum Gasteiger partial charge on any atom is -0.394 e. The van der Waals surface area contributed by atoms with Gasteiger partial charge in [-0.25, -0.2) is 0 Å². The van der Waals surface area contributed by atoms with Gasteiger partial charge < -0.3 is 23.8 Å². The van der Waals surface area contributed by atoms with Crippen molar-refractivity contribution in [3.63, 3.8) is 0 Å². The summed E-state index contributed by atoms with van der Waals surface area (Å²) in [7, 11) is -3.62. The van der Waals surface area contributed by atoms with Crippen molar-refractivity contribution >= 4 is 59.7 Å². The molecular formula is C39H39FN4O7Si. The molecule has 4 aromatic carbocycles. The fourth-order valence-corrected chi connectivity index (χ4v) is 11.8. The first-order valence-corrected chi connectivity index (χ1v) is 20.6. The predicted octanol–water partition coefficient (Wildman–Crippen LogP) is 6.74. The second kappa shape index (κ2) is 12.3. The van der Waals surface area contributed by atoms with Gasteiger partial charge in [0.25, 0.3) is 17.5 Å². The van der Waals surface area contributed by atoms with E-state index in [1.807, 2.05) is 60.7 Å². The number of carbonyl (C=O) groups is 3. The first-order valence-electron chi connectivity index (χ1n) is 17.7. The van der Waals surface area contributed by atoms with Crippen LogP contribution < -0.4 is 9.80 Å². The summed E-state index contributed by atoms with van der Waals surface area (Å²) >= 11 is 0. The average molecular weight is 723 g/mol. The van der Waals surface area contributed by atoms with Crippen LogP contribution in [0, 0.1) is 16.0 Å². The molecule has 4 heterocycles. The molecular weight excluding hydrogens is 684 g/mol. The number of nitro groups is 1. The number of likely N-dealkylation sites (tertiary alicyclic amines) is 1. The predicted molar refractivity (Wildman–Crippen MR) is 196 cm³/mol. The Bertz CT molecular complexity index is 2170. The van der Waals surface area contributed by atoms with E-state index in [1.165, 1.54) is 36.2 Å². The molecule has 5 atom stereocenters. The molecule has 0 unspecified atom stereocenters. The third-order valence-corrected chi connectivity index (χ3v) is 14.0. The maximum Gasteiger partial charge on any atom is 0.269 e. The van der Waals surface area contributed by atoms with Gasteiger partial charge in [-0.3, -0.25) is 29.4 Å². The molecule has 0 bridgehead atoms. The Balaban J connectivity index is 1.16. The second-order valence-electron chi connectivity index (χ2n) is 14.9. The van der Waals surface area contributed by atoms with Crippen molar-refractivity contribution in [3.8, 4) is 0 Å². The van der Waals surface area contributed by atoms with Crippen LogP contribution in [0.25, 0.3) is 10.8 Å². The van der Waals surface area contributed by atoms with Crippen LogP contribution in [0.1, 0.15) is 47.7 Å². The van der Waals surface area contributed by atoms with Gasteiger partial charge >= 0.3 is 0 Å². The monoisotopic (exact) mass is 722 g/mol. The van der Waals surface area contributed by atoms with E-state index in [9.17, 15) is 29.6 Å². The Labute approximate surface area is 300 Å². The lowest BCUT2D eigenvalue weighted by atomic mass is 9.82. The summed E-state index contributed by atoms with van der Waals surface area (Å²) in [5.41, 5.74) is 0.590. The molecule has 268 valence electrons. The Morgan fingerprint density at radius 1 is 1.06 bits per heavy atom. The van der Waals surface area contributed by atoms with Crippen molar-refractivity contribution in [1.29, 1.82) is 0 Å². The zero-order chi connectivity index (χ0) is 36.7. The third-order valence-electron chi connectivity index (χ3n) is 11.5. The number of aliphatic hydroxyl groups is 1. The molecule has 0 aliphatic carbocycles. The van der Waals surface area contributed by atoms with Crippen LogP contribution in [0.2, 0.25) is 18.6 Å². The number of aliphatic hydroxyl groups excluding tert-OH is 1. The van der Waals surface area contributed by atoms with Crippen LogP contribution in [0.5, 0.6) is 0 Å². The largest absolute Gasteiger partial charge is 0.394 e. The summed E-state index contributed by atoms with van der Waals surface area (Å²) in [5.74, 6) is -1.67. The van der Waals surface area contributed by atoms with E-state index in [0.717, 1.165) is 22.9 Å². The zero-order valence-corrected chi connectivity index (χ0v) is 30.1. The highest BCUT2D eigenvalue weighted by Crippen LogP contribution is 2.61. The Hall–Kier alpha value is -4.98. The highest BCUT2D eigenvalue weighted by atomic mass is 28.4. The van der Waals surface area contributed by atoms with Crippen LogP contribution >= 0.6 is 0 Å². The number of benzene rings is 4. The van der Waals surface area contributed by atoms with E-state index in [-0.39, 0.29) is 48.7 Å². The number of hydrogen-bond donors (Lipinski definition) is 1. The number of non-ortho nitro benzene ring substituents is 1. The molecule has 2 saturated heterocycles. The topological polar surface area (TPSA) is 134 Å². The van der Waals surface area contributed by atoms with Gasteiger partial charge in [0.15, 0.2) is 5.60 Å². The quantitative estimate of drug-likeness (QED) is 0.0923. The average Bonchev–Trinajstić information content (AvgIpc) is 3.85. The van der Waals surface area contributed by atoms with Crippen molar-refractivity contribution < 1.29 is 33.3 Å². The SMILES string of the molecule is C[C@@H]1[C@@H]([Si](C)(C)F)[C@H](CC(=O)N2CCC[C@H]2CO)O[C@@]12C(=O)N(Cc1cccc(N3C(=O)c4cccc5cccc3c45)c1)c1ccc([N+](=O)[O-])cc12. The van der Waals surface area contributed by atoms with Gasteiger partial charge in [0.1, 0.15) is 0 Å². The van der Waals surface area contributed by atoms with E-state index in [4.69, 9.17) is 4.74 Å². The lowest BCUT2D eigenvalue weighted by molar-refractivity contribution is -0.385. The molecule has 0 saturated carbocycles. The van der Waals surface area contributed by atoms with Crippen LogP contribution in [-0.2, 0) is 26.5 Å². The molecule has 3 amide bonds. The standard InChI is InChI=1S/C39H39FN4O7Si/c1-23-36(52(2,3)40)33(20-34(46)41-17-7-12-28(41)22-45)51-39(23)30-19-27(44(49)50)15-16-31(30)42(38(39)48)21-24-8-4-11-26(18-24)43-32-14-6-10-25-9-5-13-29(35(25)32)37(43)47/h4-6,8-11,13-16,18-19,23,28,33,36,45H,7,12,17,20-22H2,1-3H3/t23-,28+,33+,36-,39+/m1/s1. The molecule has 0 radical (unpaired) electrons. The van der Waals surface area contributed by atoms with E-state index in [0.29, 0.717) is 35.5 Å². The van der Waals surface area contributed by atoms with Gasteiger partial charge in [0, 0.05) is 46.8 Å². The fraction of sp³-hybridized carbons (Fsp3) is 0.359. The molecule has 13 heteroatoms. The first kappa shape index (κ1) is 34.1. The minimum absolute atomic E-state index is 0.0468. The van der Waals surface area contributed by atoms with Gasteiger partial charge in [-0.1, -0.05) is 43.3 Å². The van der Waals surface area contributed by atoms with Crippen LogP contribution in [0.3, 0.4) is 0 Å². The maximum atomic E-state index is 16.4. The van der Waals surface area contributed by atoms with Crippen LogP contribution in [-0.4, -0.2) is 66.4 Å². The lowest BCUT2D eigenvalue weighted by Crippen LogP contribution is -2.45. The zero-order valence-electron chi connectivity index (χ0n) is 29.1. The molecule has 11 nitrogen and oxygen atoms in total. The summed E-state index contributed by atoms with van der Waals surface area (Å²) in [6, 6.07) is 22.6. The van der Waals surface area contributed by atoms with E-state index in [2.05, 4.69) is 0 Å². The maximum absolute atomic E-state index is 16.4. The van der Waals surface area contributed by atoms with Crippen molar-refractivity contribution in [1.82, 2.24) is 4.90 Å². The van der Waals surface area contributed by atoms with Crippen molar-refractivity contribution in [2.75, 3.05) is 23.0 Å². The number of fused-ring (bicyclic) bond motifs is 2. The summed E-state index contributed by atoms with van der Waals surface area (Å²) in [6.07, 6.45) is 0.280. The highest BCUT2D eigenvalue weighted by Gasteiger charge is 2.67. The molecule has 0 aromatic heterocycles. The normalized spacial score (nSPS) is 25.2. The molecule has 4 aliphatic rings. The Kier molecular flexibility index (Phi) is 8.08. The molecule has 2 fully saturated rings. The number of rotatable bonds is 8. The molecule has 1 spiro atoms. The van der Waals surface area contributed by atoms with Crippen LogP contribution in [0.15, 0.2) is 78.9 Å². The fourth-order valence-electron chi connectivity index (χ4n) is 9.30. The third kappa shape index (κ3) is 5.08. The number of ether oxygens (including phenoxy) is 1. The second-order valence-corrected chi connectivity index (χ2v) is 18.7. The van der Waals surface area contributed by atoms with E-state index in [1.54, 1.807) is 16.7 Å². The van der Waals surface area contributed by atoms with Crippen molar-refractivity contribution in [2.24, 2.45) is 5.92 Å². The highest BCUT2D eigenvalue weighted by molar-refractivity contribution is 6.72. The molecule has 52 heavy (non-hydrogen) atoms. The summed E-state index contributed by atoms with van der Waals surface area (Å²) in [6.45, 7) is 5.17. The van der Waals surface area contributed by atoms with Crippen molar-refractivity contribution in [2.45, 2.75) is 69.1 Å². The van der Waals surface area contributed by atoms with E-state index >= 15 is 4.11 Å². The van der Waals surface area contributed by atoms with E-state index < -0.39 is 42.4 Å². The molecule has 4 aromatic rings. The minimum atomic E-state index is -3.62. The van der Waals surface area contributed by atoms with Gasteiger partial charge in [-0.05, 0) is 67.2 Å². The number of carbonyl (C=O) groups excluding carboxylic acids is 3. The van der Waals surface area contributed by atoms with Crippen LogP contribution in [0.4, 0.5) is 26.9 Å². The summed E-state index contributed by atoms with van der Waals surface area (Å²) in [5, 5.41) is 23.7. The summed E-state index contributed by atoms with van der Waals surface area (Å²) < 4.78 is 23.1. The smallest absolute Gasteiger partial charge is 0.269 e.